The molecule has 4 heteroatoms. The predicted molar refractivity (Wildman–Crippen MR) is 41.7 cm³/mol. The molecule has 0 atom stereocenters. The van der Waals surface area contributed by atoms with Crippen molar-refractivity contribution in [1.82, 2.24) is 10.2 Å². The van der Waals surface area contributed by atoms with Crippen molar-refractivity contribution in [1.29, 1.82) is 0 Å². The first-order valence-corrected chi connectivity index (χ1v) is 3.31. The molecular weight excluding hydrogens is 142 g/mol. The van der Waals surface area contributed by atoms with E-state index in [1.54, 1.807) is 19.9 Å². The number of hydrogen-bond donors (Lipinski definition) is 2. The van der Waals surface area contributed by atoms with E-state index in [0.717, 1.165) is 0 Å². The molecule has 3 N–H and O–H groups in total. The number of rotatable bonds is 1. The number of anilines is 1. The second-order valence-electron chi connectivity index (χ2n) is 2.93. The average Bonchev–Trinajstić information content (AvgIpc) is 1.86. The van der Waals surface area contributed by atoms with E-state index in [1.807, 2.05) is 0 Å². The van der Waals surface area contributed by atoms with E-state index < -0.39 is 5.60 Å². The highest BCUT2D eigenvalue weighted by Crippen LogP contribution is 2.18. The highest BCUT2D eigenvalue weighted by atomic mass is 16.3. The lowest BCUT2D eigenvalue weighted by atomic mass is 10.0. The van der Waals surface area contributed by atoms with Crippen molar-refractivity contribution in [2.24, 2.45) is 0 Å². The molecule has 0 bridgehead atoms. The van der Waals surface area contributed by atoms with Gasteiger partial charge in [-0.05, 0) is 19.9 Å². The topological polar surface area (TPSA) is 72.0 Å². The van der Waals surface area contributed by atoms with Gasteiger partial charge < -0.3 is 10.8 Å². The molecule has 0 spiro atoms. The molecule has 0 amide bonds. The second kappa shape index (κ2) is 2.47. The van der Waals surface area contributed by atoms with Crippen LogP contribution in [0.3, 0.4) is 0 Å². The minimum absolute atomic E-state index is 0.324. The Bertz CT molecular complexity index is 254. The molecule has 0 aliphatic carbocycles. The fraction of sp³-hybridized carbons (Fsp3) is 0.429. The third kappa shape index (κ3) is 1.88. The van der Waals surface area contributed by atoms with Gasteiger partial charge in [0.2, 0.25) is 0 Å². The molecule has 60 valence electrons. The monoisotopic (exact) mass is 153 g/mol. The van der Waals surface area contributed by atoms with Crippen molar-refractivity contribution < 1.29 is 5.11 Å². The molecule has 0 radical (unpaired) electrons. The average molecular weight is 153 g/mol. The Morgan fingerprint density at radius 1 is 1.55 bits per heavy atom. The number of nitrogen functional groups attached to an aromatic ring is 1. The Balaban J connectivity index is 3.06. The summed E-state index contributed by atoms with van der Waals surface area (Å²) in [4.78, 5) is 0. The molecule has 1 rings (SSSR count). The molecule has 0 saturated carbocycles. The molecule has 1 heterocycles. The summed E-state index contributed by atoms with van der Waals surface area (Å²) >= 11 is 0. The Morgan fingerprint density at radius 2 is 2.18 bits per heavy atom. The van der Waals surface area contributed by atoms with E-state index in [-0.39, 0.29) is 0 Å². The Kier molecular flexibility index (Phi) is 1.78. The molecule has 4 nitrogen and oxygen atoms in total. The summed E-state index contributed by atoms with van der Waals surface area (Å²) in [5.74, 6) is 0.324. The first-order valence-electron chi connectivity index (χ1n) is 3.31. The summed E-state index contributed by atoms with van der Waals surface area (Å²) < 4.78 is 0. The maximum absolute atomic E-state index is 9.49. The number of aliphatic hydroxyl groups is 1. The van der Waals surface area contributed by atoms with Gasteiger partial charge in [-0.2, -0.15) is 5.10 Å². The van der Waals surface area contributed by atoms with Crippen molar-refractivity contribution in [2.75, 3.05) is 5.73 Å². The molecule has 1 aromatic heterocycles. The zero-order chi connectivity index (χ0) is 8.48. The van der Waals surface area contributed by atoms with Crippen LogP contribution < -0.4 is 5.73 Å². The molecule has 1 aromatic rings. The summed E-state index contributed by atoms with van der Waals surface area (Å²) in [6.45, 7) is 3.34. The van der Waals surface area contributed by atoms with E-state index in [1.165, 1.54) is 6.20 Å². The fourth-order valence-corrected chi connectivity index (χ4v) is 0.718. The maximum atomic E-state index is 9.49. The van der Waals surface area contributed by atoms with Gasteiger partial charge in [0.25, 0.3) is 0 Å². The molecule has 0 fully saturated rings. The summed E-state index contributed by atoms with van der Waals surface area (Å²) in [7, 11) is 0. The Morgan fingerprint density at radius 3 is 2.55 bits per heavy atom. The van der Waals surface area contributed by atoms with Crippen molar-refractivity contribution in [2.45, 2.75) is 19.4 Å². The van der Waals surface area contributed by atoms with Gasteiger partial charge >= 0.3 is 0 Å². The zero-order valence-corrected chi connectivity index (χ0v) is 6.57. The summed E-state index contributed by atoms with van der Waals surface area (Å²) in [5.41, 5.74) is 5.14. The molecule has 0 saturated heterocycles. The summed E-state index contributed by atoms with van der Waals surface area (Å²) in [6.07, 6.45) is 1.50. The minimum Gasteiger partial charge on any atom is -0.386 e. The second-order valence-corrected chi connectivity index (χ2v) is 2.93. The molecule has 0 aliphatic rings. The molecule has 0 aromatic carbocycles. The van der Waals surface area contributed by atoms with Crippen LogP contribution in [-0.4, -0.2) is 15.3 Å². The molecule has 0 unspecified atom stereocenters. The van der Waals surface area contributed by atoms with Gasteiger partial charge in [0.05, 0.1) is 11.8 Å². The van der Waals surface area contributed by atoms with Gasteiger partial charge in [0, 0.05) is 5.56 Å². The van der Waals surface area contributed by atoms with E-state index in [9.17, 15) is 5.11 Å². The van der Waals surface area contributed by atoms with Gasteiger partial charge in [0.15, 0.2) is 0 Å². The summed E-state index contributed by atoms with van der Waals surface area (Å²) in [6, 6.07) is 1.60. The first kappa shape index (κ1) is 7.94. The molecular formula is C7H11N3O. The first-order chi connectivity index (χ1) is 5.00. The lowest BCUT2D eigenvalue weighted by Gasteiger charge is -2.16. The third-order valence-electron chi connectivity index (χ3n) is 1.38. The lowest BCUT2D eigenvalue weighted by Crippen LogP contribution is -2.16. The van der Waals surface area contributed by atoms with Gasteiger partial charge in [-0.25, -0.2) is 0 Å². The van der Waals surface area contributed by atoms with Crippen LogP contribution in [0, 0.1) is 0 Å². The lowest BCUT2D eigenvalue weighted by molar-refractivity contribution is 0.0781. The fourth-order valence-electron chi connectivity index (χ4n) is 0.718. The normalized spacial score (nSPS) is 11.5. The maximum Gasteiger partial charge on any atom is 0.146 e. The number of nitrogens with two attached hydrogens (primary N) is 1. The zero-order valence-electron chi connectivity index (χ0n) is 6.57. The van der Waals surface area contributed by atoms with Crippen molar-refractivity contribution in [3.8, 4) is 0 Å². The SMILES string of the molecule is CC(C)(O)c1cnnc(N)c1. The van der Waals surface area contributed by atoms with Gasteiger partial charge in [-0.15, -0.1) is 5.10 Å². The van der Waals surface area contributed by atoms with Crippen LogP contribution in [0.4, 0.5) is 5.82 Å². The molecule has 0 aliphatic heterocycles. The van der Waals surface area contributed by atoms with E-state index in [0.29, 0.717) is 11.4 Å². The number of aromatic nitrogens is 2. The van der Waals surface area contributed by atoms with Crippen LogP contribution in [-0.2, 0) is 5.60 Å². The predicted octanol–water partition coefficient (Wildman–Crippen LogP) is 0.286. The van der Waals surface area contributed by atoms with Crippen molar-refractivity contribution in [3.63, 3.8) is 0 Å². The van der Waals surface area contributed by atoms with Crippen LogP contribution in [0.2, 0.25) is 0 Å². The largest absolute Gasteiger partial charge is 0.386 e. The summed E-state index contributed by atoms with van der Waals surface area (Å²) in [5, 5.41) is 16.7. The van der Waals surface area contributed by atoms with E-state index >= 15 is 0 Å². The van der Waals surface area contributed by atoms with Gasteiger partial charge in [-0.3, -0.25) is 0 Å². The van der Waals surface area contributed by atoms with Crippen LogP contribution in [0.5, 0.6) is 0 Å². The standard InChI is InChI=1S/C7H11N3O/c1-7(2,11)5-3-6(8)10-9-4-5/h3-4,11H,1-2H3,(H2,8,10). The highest BCUT2D eigenvalue weighted by molar-refractivity contribution is 5.31. The highest BCUT2D eigenvalue weighted by Gasteiger charge is 2.16. The van der Waals surface area contributed by atoms with E-state index in [4.69, 9.17) is 5.73 Å². The van der Waals surface area contributed by atoms with Crippen LogP contribution in [0.1, 0.15) is 19.4 Å². The molecule has 11 heavy (non-hydrogen) atoms. The third-order valence-corrected chi connectivity index (χ3v) is 1.38. The Hall–Kier alpha value is -1.16. The Labute approximate surface area is 65.1 Å². The number of nitrogens with zero attached hydrogens (tertiary/aromatic N) is 2. The van der Waals surface area contributed by atoms with E-state index in [2.05, 4.69) is 10.2 Å². The van der Waals surface area contributed by atoms with Gasteiger partial charge in [0.1, 0.15) is 5.82 Å². The van der Waals surface area contributed by atoms with Crippen molar-refractivity contribution >= 4 is 5.82 Å². The van der Waals surface area contributed by atoms with Crippen LogP contribution in [0.15, 0.2) is 12.3 Å². The van der Waals surface area contributed by atoms with Crippen LogP contribution in [0.25, 0.3) is 0 Å². The quantitative estimate of drug-likeness (QED) is 0.608. The minimum atomic E-state index is -0.899. The van der Waals surface area contributed by atoms with Crippen LogP contribution >= 0.6 is 0 Å². The van der Waals surface area contributed by atoms with Crippen molar-refractivity contribution in [3.05, 3.63) is 17.8 Å². The van der Waals surface area contributed by atoms with Gasteiger partial charge in [-0.1, -0.05) is 0 Å². The smallest absolute Gasteiger partial charge is 0.146 e. The number of hydrogen-bond acceptors (Lipinski definition) is 4.